The van der Waals surface area contributed by atoms with Crippen LogP contribution in [0.5, 0.6) is 0 Å². The zero-order valence-electron chi connectivity index (χ0n) is 45.0. The Labute approximate surface area is 461 Å². The number of allylic oxidation sites excluding steroid dienone is 1. The van der Waals surface area contributed by atoms with Gasteiger partial charge in [-0.25, -0.2) is 39.9 Å². The lowest BCUT2D eigenvalue weighted by Gasteiger charge is -2.35. The number of rotatable bonds is 13. The highest BCUT2D eigenvalue weighted by molar-refractivity contribution is 6.40. The van der Waals surface area contributed by atoms with Crippen molar-refractivity contribution in [3.8, 4) is 44.8 Å². The Morgan fingerprint density at radius 2 is 0.924 bits per heavy atom. The maximum absolute atomic E-state index is 12.5. The average molecular weight is 1070 g/mol. The number of carbonyl (C=O) groups excluding carboxylic acids is 4. The molecule has 4 saturated heterocycles. The fraction of sp³-hybridized carbons (Fsp3) is 0.414. The van der Waals surface area contributed by atoms with Crippen LogP contribution in [-0.4, -0.2) is 178 Å². The predicted octanol–water partition coefficient (Wildman–Crippen LogP) is 5.85. The minimum atomic E-state index is -0.468. The molecule has 2 N–H and O–H groups in total. The third-order valence-electron chi connectivity index (χ3n) is 13.7. The van der Waals surface area contributed by atoms with Crippen molar-refractivity contribution in [2.75, 3.05) is 130 Å². The van der Waals surface area contributed by atoms with Gasteiger partial charge in [0.15, 0.2) is 0 Å². The van der Waals surface area contributed by atoms with E-state index in [1.807, 2.05) is 63.5 Å². The number of hydrogen-bond donors (Lipinski definition) is 1. The summed E-state index contributed by atoms with van der Waals surface area (Å²) in [5.74, 6) is 2.96. The normalized spacial score (nSPS) is 15.7. The molecule has 414 valence electrons. The van der Waals surface area contributed by atoms with E-state index >= 15 is 0 Å². The van der Waals surface area contributed by atoms with Crippen LogP contribution in [0.2, 0.25) is 0 Å². The van der Waals surface area contributed by atoms with E-state index in [-0.39, 0.29) is 31.0 Å². The van der Waals surface area contributed by atoms with Crippen molar-refractivity contribution >= 4 is 52.6 Å². The first-order valence-corrected chi connectivity index (χ1v) is 26.5. The van der Waals surface area contributed by atoms with Crippen molar-refractivity contribution in [1.29, 1.82) is 0 Å². The van der Waals surface area contributed by atoms with Gasteiger partial charge in [-0.05, 0) is 92.4 Å². The van der Waals surface area contributed by atoms with Gasteiger partial charge in [-0.15, -0.1) is 0 Å². The molecule has 0 unspecified atom stereocenters. The number of hydrogen-bond acceptors (Lipinski definition) is 19. The quantitative estimate of drug-likeness (QED) is 0.105. The van der Waals surface area contributed by atoms with Gasteiger partial charge < -0.3 is 44.6 Å². The van der Waals surface area contributed by atoms with Gasteiger partial charge in [0.1, 0.15) is 29.1 Å². The van der Waals surface area contributed by atoms with Crippen LogP contribution in [-0.2, 0) is 28.7 Å². The standard InChI is InChI=1S/C29H35N7O3.C28H32N8O3.CH4/c1-20(2)14-26(37)29(38)36-8-6-34(7-9-36)27-5-4-22(17-32-27)23-15-25(24-18-30-21(3)31-19-24)33-28(16-23)35-10-12-39-13-11-35;1-19(2)13-24(37)27(38)36-7-5-34(6-8-36)25-4-3-20(16-30-25)21-14-23(22-17-31-28(29)32-18-22)33-26(15-21)35-9-11-39-12-10-35;/h4-5,15-20H,6-14H2,1-3H3;3-4,13-18H,5-12H2,1-2H3,(H2,29,31,32);1H4. The van der Waals surface area contributed by atoms with Crippen LogP contribution in [0.3, 0.4) is 0 Å². The van der Waals surface area contributed by atoms with E-state index in [0.29, 0.717) is 85.2 Å². The molecule has 21 nitrogen and oxygen atoms in total. The van der Waals surface area contributed by atoms with Crippen molar-refractivity contribution in [2.24, 2.45) is 5.92 Å². The molecule has 21 heteroatoms. The molecule has 4 aliphatic heterocycles. The fourth-order valence-electron chi connectivity index (χ4n) is 9.44. The summed E-state index contributed by atoms with van der Waals surface area (Å²) < 4.78 is 11.1. The van der Waals surface area contributed by atoms with Crippen molar-refractivity contribution in [1.82, 2.24) is 49.7 Å². The largest absolute Gasteiger partial charge is 0.378 e. The van der Waals surface area contributed by atoms with Crippen LogP contribution in [0.1, 0.15) is 47.4 Å². The average Bonchev–Trinajstić information content (AvgIpc) is 3.48. The summed E-state index contributed by atoms with van der Waals surface area (Å²) in [5, 5.41) is 0. The molecule has 0 bridgehead atoms. The van der Waals surface area contributed by atoms with Crippen LogP contribution >= 0.6 is 0 Å². The number of Topliss-reactive ketones (excluding diaryl/α,β-unsaturated/α-hetero) is 1. The third kappa shape index (κ3) is 14.6. The number of nitrogens with zero attached hydrogens (tertiary/aromatic N) is 14. The van der Waals surface area contributed by atoms with Crippen molar-refractivity contribution in [2.45, 2.75) is 48.5 Å². The number of nitrogen functional groups attached to an aromatic ring is 1. The number of amides is 2. The van der Waals surface area contributed by atoms with Crippen LogP contribution < -0.4 is 25.3 Å². The number of piperazine rings is 2. The number of morpholine rings is 2. The molecule has 0 atom stereocenters. The van der Waals surface area contributed by atoms with Crippen molar-refractivity contribution < 1.29 is 28.7 Å². The number of carbonyl (C=O) groups is 4. The lowest BCUT2D eigenvalue weighted by Crippen LogP contribution is -2.51. The molecule has 79 heavy (non-hydrogen) atoms. The second-order valence-electron chi connectivity index (χ2n) is 20.2. The number of aryl methyl sites for hydroxylation is 1. The van der Waals surface area contributed by atoms with Crippen LogP contribution in [0.15, 0.2) is 97.4 Å². The van der Waals surface area contributed by atoms with Gasteiger partial charge in [0.05, 0.1) is 37.8 Å². The molecule has 10 heterocycles. The van der Waals surface area contributed by atoms with Crippen LogP contribution in [0.4, 0.5) is 29.2 Å². The van der Waals surface area contributed by atoms with Crippen molar-refractivity contribution in [3.05, 3.63) is 103 Å². The monoisotopic (exact) mass is 1070 g/mol. The molecule has 10 rings (SSSR count). The summed E-state index contributed by atoms with van der Waals surface area (Å²) in [6.07, 6.45) is 12.4. The first kappa shape index (κ1) is 56.9. The van der Waals surface area contributed by atoms with Crippen LogP contribution in [0.25, 0.3) is 44.8 Å². The smallest absolute Gasteiger partial charge is 0.294 e. The Balaban J connectivity index is 0.000000205. The summed E-state index contributed by atoms with van der Waals surface area (Å²) in [6.45, 7) is 19.6. The number of ketones is 2. The Kier molecular flexibility index (Phi) is 19.0. The molecular weight excluding hydrogens is 1000 g/mol. The number of aromatic nitrogens is 8. The molecule has 0 aliphatic carbocycles. The van der Waals surface area contributed by atoms with Crippen LogP contribution in [0, 0.1) is 12.8 Å². The van der Waals surface area contributed by atoms with E-state index < -0.39 is 11.7 Å². The van der Waals surface area contributed by atoms with Gasteiger partial charge in [0.2, 0.25) is 17.5 Å². The summed E-state index contributed by atoms with van der Waals surface area (Å²) in [6, 6.07) is 16.3. The molecule has 0 radical (unpaired) electrons. The molecule has 4 aliphatic rings. The number of nitrogens with two attached hydrogens (primary N) is 1. The van der Waals surface area contributed by atoms with Gasteiger partial charge >= 0.3 is 0 Å². The molecule has 0 aromatic carbocycles. The SMILES string of the molecule is C.CC(C)=CC(=O)C(=O)N1CCN(c2ccc(-c3cc(-c4cnc(N)nc4)nc(N4CCOCC4)c3)cn2)CC1.Cc1ncc(-c2cc(-c3ccc(N4CCN(C(=O)C(=O)CC(C)C)CC4)nc3)cc(N3CCOCC3)n2)cn1. The maximum atomic E-state index is 12.5. The highest BCUT2D eigenvalue weighted by Gasteiger charge is 2.28. The van der Waals surface area contributed by atoms with E-state index in [1.54, 1.807) is 48.4 Å². The van der Waals surface area contributed by atoms with Gasteiger partial charge in [0.25, 0.3) is 11.8 Å². The predicted molar refractivity (Wildman–Crippen MR) is 305 cm³/mol. The topological polar surface area (TPSA) is 235 Å². The minimum absolute atomic E-state index is 0. The molecule has 2 amide bonds. The van der Waals surface area contributed by atoms with Gasteiger partial charge in [-0.1, -0.05) is 26.8 Å². The molecule has 4 fully saturated rings. The number of pyridine rings is 4. The zero-order valence-corrected chi connectivity index (χ0v) is 45.0. The Bertz CT molecular complexity index is 3070. The lowest BCUT2D eigenvalue weighted by molar-refractivity contribution is -0.145. The van der Waals surface area contributed by atoms with E-state index in [2.05, 4.69) is 57.7 Å². The van der Waals surface area contributed by atoms with Gasteiger partial charge in [0, 0.05) is 144 Å². The summed E-state index contributed by atoms with van der Waals surface area (Å²) >= 11 is 0. The Morgan fingerprint density at radius 3 is 1.33 bits per heavy atom. The number of ether oxygens (including phenoxy) is 2. The molecule has 6 aromatic heterocycles. The fourth-order valence-corrected chi connectivity index (χ4v) is 9.44. The summed E-state index contributed by atoms with van der Waals surface area (Å²) in [5.41, 5.74) is 13.6. The molecular formula is C58H71N15O6. The molecule has 0 spiro atoms. The summed E-state index contributed by atoms with van der Waals surface area (Å²) in [4.78, 5) is 97.5. The van der Waals surface area contributed by atoms with E-state index in [4.69, 9.17) is 35.1 Å². The Hall–Kier alpha value is -8.30. The van der Waals surface area contributed by atoms with E-state index in [1.165, 1.54) is 6.08 Å². The second kappa shape index (κ2) is 26.4. The Morgan fingerprint density at radius 1 is 0.519 bits per heavy atom. The lowest BCUT2D eigenvalue weighted by atomic mass is 10.1. The molecule has 6 aromatic rings. The minimum Gasteiger partial charge on any atom is -0.378 e. The zero-order chi connectivity index (χ0) is 54.7. The van der Waals surface area contributed by atoms with Crippen molar-refractivity contribution in [3.63, 3.8) is 0 Å². The highest BCUT2D eigenvalue weighted by atomic mass is 16.5. The third-order valence-corrected chi connectivity index (χ3v) is 13.7. The molecule has 0 saturated carbocycles. The second-order valence-corrected chi connectivity index (χ2v) is 20.2. The first-order valence-electron chi connectivity index (χ1n) is 26.5. The van der Waals surface area contributed by atoms with Gasteiger partial charge in [-0.2, -0.15) is 0 Å². The number of anilines is 5. The van der Waals surface area contributed by atoms with E-state index in [0.717, 1.165) is 106 Å². The van der Waals surface area contributed by atoms with Gasteiger partial charge in [-0.3, -0.25) is 19.2 Å². The summed E-state index contributed by atoms with van der Waals surface area (Å²) in [7, 11) is 0. The highest BCUT2D eigenvalue weighted by Crippen LogP contribution is 2.32. The maximum Gasteiger partial charge on any atom is 0.294 e. The van der Waals surface area contributed by atoms with E-state index in [9.17, 15) is 19.2 Å². The first-order chi connectivity index (χ1) is 37.7.